The SMILES string of the molecule is CCCCCCCOc1cnc(-c2ccc(C(C)CC(=O)OCC(C)CC)cc2)nc1. The van der Waals surface area contributed by atoms with Crippen LogP contribution < -0.4 is 4.74 Å². The molecule has 0 aliphatic carbocycles. The van der Waals surface area contributed by atoms with Crippen molar-refractivity contribution in [2.24, 2.45) is 5.92 Å². The predicted molar refractivity (Wildman–Crippen MR) is 125 cm³/mol. The Bertz CT molecular complexity index is 759. The number of nitrogens with zero attached hydrogens (tertiary/aromatic N) is 2. The molecule has 0 amide bonds. The van der Waals surface area contributed by atoms with E-state index >= 15 is 0 Å². The third-order valence-electron chi connectivity index (χ3n) is 5.58. The number of unbranched alkanes of at least 4 members (excludes halogenated alkanes) is 4. The number of aromatic nitrogens is 2. The molecule has 1 aromatic heterocycles. The van der Waals surface area contributed by atoms with E-state index in [0.717, 1.165) is 24.0 Å². The molecule has 0 aliphatic heterocycles. The zero-order chi connectivity index (χ0) is 22.5. The molecule has 0 saturated carbocycles. The minimum Gasteiger partial charge on any atom is -0.490 e. The second-order valence-corrected chi connectivity index (χ2v) is 8.43. The molecule has 0 radical (unpaired) electrons. The van der Waals surface area contributed by atoms with Gasteiger partial charge in [0.1, 0.15) is 0 Å². The Morgan fingerprint density at radius 3 is 2.29 bits per heavy atom. The van der Waals surface area contributed by atoms with Crippen molar-refractivity contribution in [2.75, 3.05) is 13.2 Å². The molecule has 5 heteroatoms. The van der Waals surface area contributed by atoms with Gasteiger partial charge in [-0.05, 0) is 23.8 Å². The van der Waals surface area contributed by atoms with Gasteiger partial charge in [-0.3, -0.25) is 4.79 Å². The number of esters is 1. The van der Waals surface area contributed by atoms with Crippen molar-refractivity contribution in [3.63, 3.8) is 0 Å². The van der Waals surface area contributed by atoms with Gasteiger partial charge in [0.15, 0.2) is 11.6 Å². The number of carbonyl (C=O) groups is 1. The van der Waals surface area contributed by atoms with E-state index in [1.54, 1.807) is 12.4 Å². The quantitative estimate of drug-likeness (QED) is 0.252. The van der Waals surface area contributed by atoms with E-state index in [0.29, 0.717) is 37.1 Å². The van der Waals surface area contributed by atoms with E-state index < -0.39 is 0 Å². The Hall–Kier alpha value is -2.43. The minimum atomic E-state index is -0.138. The molecular formula is C26H38N2O3. The summed E-state index contributed by atoms with van der Waals surface area (Å²) in [5.41, 5.74) is 2.05. The fraction of sp³-hybridized carbons (Fsp3) is 0.577. The molecule has 2 atom stereocenters. The van der Waals surface area contributed by atoms with Crippen LogP contribution in [0, 0.1) is 5.92 Å². The van der Waals surface area contributed by atoms with Crippen LogP contribution in [-0.4, -0.2) is 29.2 Å². The summed E-state index contributed by atoms with van der Waals surface area (Å²) < 4.78 is 11.1. The third-order valence-corrected chi connectivity index (χ3v) is 5.58. The van der Waals surface area contributed by atoms with E-state index in [2.05, 4.69) is 30.7 Å². The summed E-state index contributed by atoms with van der Waals surface area (Å²) in [6.45, 7) is 9.66. The van der Waals surface area contributed by atoms with Crippen LogP contribution in [0.1, 0.15) is 84.1 Å². The number of rotatable bonds is 14. The molecule has 0 aliphatic rings. The van der Waals surface area contributed by atoms with Gasteiger partial charge in [0.05, 0.1) is 32.0 Å². The lowest BCUT2D eigenvalue weighted by atomic mass is 9.96. The van der Waals surface area contributed by atoms with Gasteiger partial charge in [0.25, 0.3) is 0 Å². The predicted octanol–water partition coefficient (Wildman–Crippen LogP) is 6.58. The van der Waals surface area contributed by atoms with E-state index in [9.17, 15) is 4.79 Å². The Kier molecular flexibility index (Phi) is 11.0. The first-order chi connectivity index (χ1) is 15.0. The molecule has 170 valence electrons. The van der Waals surface area contributed by atoms with Crippen molar-refractivity contribution in [1.82, 2.24) is 9.97 Å². The summed E-state index contributed by atoms with van der Waals surface area (Å²) in [5, 5.41) is 0. The number of hydrogen-bond acceptors (Lipinski definition) is 5. The molecular weight excluding hydrogens is 388 g/mol. The lowest BCUT2D eigenvalue weighted by molar-refractivity contribution is -0.145. The van der Waals surface area contributed by atoms with Crippen LogP contribution >= 0.6 is 0 Å². The monoisotopic (exact) mass is 426 g/mol. The van der Waals surface area contributed by atoms with Crippen LogP contribution in [0.4, 0.5) is 0 Å². The smallest absolute Gasteiger partial charge is 0.306 e. The Balaban J connectivity index is 1.82. The number of carbonyl (C=O) groups excluding carboxylic acids is 1. The standard InChI is InChI=1S/C26H38N2O3/c1-5-7-8-9-10-15-30-24-17-27-26(28-18-24)23-13-11-22(12-14-23)21(4)16-25(29)31-19-20(3)6-2/h11-14,17-18,20-21H,5-10,15-16,19H2,1-4H3. The maximum atomic E-state index is 12.1. The topological polar surface area (TPSA) is 61.3 Å². The first-order valence-electron chi connectivity index (χ1n) is 11.7. The Morgan fingerprint density at radius 1 is 0.968 bits per heavy atom. The van der Waals surface area contributed by atoms with Gasteiger partial charge in [0, 0.05) is 5.56 Å². The van der Waals surface area contributed by atoms with Crippen molar-refractivity contribution in [3.8, 4) is 17.1 Å². The van der Waals surface area contributed by atoms with Gasteiger partial charge in [-0.2, -0.15) is 0 Å². The van der Waals surface area contributed by atoms with Crippen molar-refractivity contribution in [2.45, 2.75) is 78.6 Å². The summed E-state index contributed by atoms with van der Waals surface area (Å²) >= 11 is 0. The Morgan fingerprint density at radius 2 is 1.65 bits per heavy atom. The highest BCUT2D eigenvalue weighted by Gasteiger charge is 2.14. The molecule has 31 heavy (non-hydrogen) atoms. The van der Waals surface area contributed by atoms with Gasteiger partial charge in [0.2, 0.25) is 0 Å². The van der Waals surface area contributed by atoms with Crippen LogP contribution in [0.3, 0.4) is 0 Å². The number of benzene rings is 1. The second kappa shape index (κ2) is 13.8. The fourth-order valence-corrected chi connectivity index (χ4v) is 3.18. The molecule has 1 heterocycles. The first kappa shape index (κ1) is 24.8. The maximum Gasteiger partial charge on any atom is 0.306 e. The van der Waals surface area contributed by atoms with Gasteiger partial charge in [-0.1, -0.05) is 84.1 Å². The van der Waals surface area contributed by atoms with E-state index in [-0.39, 0.29) is 11.9 Å². The van der Waals surface area contributed by atoms with E-state index in [1.807, 2.05) is 31.2 Å². The van der Waals surface area contributed by atoms with Crippen LogP contribution in [-0.2, 0) is 9.53 Å². The minimum absolute atomic E-state index is 0.104. The van der Waals surface area contributed by atoms with Gasteiger partial charge in [-0.25, -0.2) is 9.97 Å². The van der Waals surface area contributed by atoms with Crippen molar-refractivity contribution in [1.29, 1.82) is 0 Å². The molecule has 0 bridgehead atoms. The molecule has 5 nitrogen and oxygen atoms in total. The average Bonchev–Trinajstić information content (AvgIpc) is 2.80. The van der Waals surface area contributed by atoms with Crippen LogP contribution in [0.15, 0.2) is 36.7 Å². The molecule has 2 rings (SSSR count). The van der Waals surface area contributed by atoms with Gasteiger partial charge < -0.3 is 9.47 Å². The van der Waals surface area contributed by atoms with Crippen molar-refractivity contribution in [3.05, 3.63) is 42.2 Å². The molecule has 2 aromatic rings. The lowest BCUT2D eigenvalue weighted by Gasteiger charge is -2.14. The van der Waals surface area contributed by atoms with Gasteiger partial charge in [-0.15, -0.1) is 0 Å². The summed E-state index contributed by atoms with van der Waals surface area (Å²) in [7, 11) is 0. The molecule has 0 saturated heterocycles. The second-order valence-electron chi connectivity index (χ2n) is 8.43. The highest BCUT2D eigenvalue weighted by molar-refractivity contribution is 5.70. The van der Waals surface area contributed by atoms with E-state index in [4.69, 9.17) is 9.47 Å². The average molecular weight is 427 g/mol. The molecule has 1 aromatic carbocycles. The van der Waals surface area contributed by atoms with Crippen molar-refractivity contribution >= 4 is 5.97 Å². The number of ether oxygens (including phenoxy) is 2. The fourth-order valence-electron chi connectivity index (χ4n) is 3.18. The zero-order valence-corrected chi connectivity index (χ0v) is 19.6. The zero-order valence-electron chi connectivity index (χ0n) is 19.6. The summed E-state index contributed by atoms with van der Waals surface area (Å²) in [6.07, 6.45) is 10.9. The normalized spacial score (nSPS) is 12.9. The van der Waals surface area contributed by atoms with Gasteiger partial charge >= 0.3 is 5.97 Å². The molecule has 2 unspecified atom stereocenters. The largest absolute Gasteiger partial charge is 0.490 e. The van der Waals surface area contributed by atoms with Crippen molar-refractivity contribution < 1.29 is 14.3 Å². The summed E-state index contributed by atoms with van der Waals surface area (Å²) in [4.78, 5) is 20.9. The highest BCUT2D eigenvalue weighted by Crippen LogP contribution is 2.23. The van der Waals surface area contributed by atoms with Crippen LogP contribution in [0.2, 0.25) is 0 Å². The molecule has 0 spiro atoms. The third kappa shape index (κ3) is 9.07. The van der Waals surface area contributed by atoms with E-state index in [1.165, 1.54) is 25.7 Å². The summed E-state index contributed by atoms with van der Waals surface area (Å²) in [5.74, 6) is 1.75. The maximum absolute atomic E-state index is 12.1. The Labute approximate surface area is 187 Å². The number of hydrogen-bond donors (Lipinski definition) is 0. The molecule has 0 fully saturated rings. The lowest BCUT2D eigenvalue weighted by Crippen LogP contribution is -2.13. The highest BCUT2D eigenvalue weighted by atomic mass is 16.5. The van der Waals surface area contributed by atoms with Crippen LogP contribution in [0.5, 0.6) is 5.75 Å². The molecule has 0 N–H and O–H groups in total. The summed E-state index contributed by atoms with van der Waals surface area (Å²) in [6, 6.07) is 8.07. The first-order valence-corrected chi connectivity index (χ1v) is 11.7. The van der Waals surface area contributed by atoms with Crippen LogP contribution in [0.25, 0.3) is 11.4 Å².